The average Bonchev–Trinajstić information content (AvgIpc) is 3.07. The van der Waals surface area contributed by atoms with Crippen molar-refractivity contribution in [2.24, 2.45) is 5.10 Å². The highest BCUT2D eigenvalue weighted by atomic mass is 16.5. The molecule has 1 N–H and O–H groups in total. The fourth-order valence-electron chi connectivity index (χ4n) is 2.69. The lowest BCUT2D eigenvalue weighted by Gasteiger charge is -2.14. The van der Waals surface area contributed by atoms with E-state index >= 15 is 0 Å². The minimum atomic E-state index is -0.435. The molecule has 8 heteroatoms. The number of rotatable bonds is 5. The summed E-state index contributed by atoms with van der Waals surface area (Å²) in [5.74, 6) is 0.717. The summed E-state index contributed by atoms with van der Waals surface area (Å²) in [6, 6.07) is 12.1. The second-order valence-corrected chi connectivity index (χ2v) is 5.63. The number of carbonyl (C=O) groups is 2. The molecule has 140 valence electrons. The normalized spacial score (nSPS) is 13.2. The van der Waals surface area contributed by atoms with E-state index in [4.69, 9.17) is 14.2 Å². The summed E-state index contributed by atoms with van der Waals surface area (Å²) in [6.07, 6.45) is 0.00502. The van der Waals surface area contributed by atoms with Crippen LogP contribution in [0.1, 0.15) is 16.8 Å². The zero-order valence-corrected chi connectivity index (χ0v) is 15.2. The van der Waals surface area contributed by atoms with Crippen LogP contribution in [0.25, 0.3) is 0 Å². The van der Waals surface area contributed by atoms with E-state index in [0.717, 1.165) is 0 Å². The molecule has 0 atom stereocenters. The van der Waals surface area contributed by atoms with Crippen LogP contribution in [-0.4, -0.2) is 39.0 Å². The van der Waals surface area contributed by atoms with E-state index in [2.05, 4.69) is 10.4 Å². The Morgan fingerprint density at radius 2 is 1.67 bits per heavy atom. The molecule has 1 aliphatic rings. The zero-order chi connectivity index (χ0) is 19.4. The Balaban J connectivity index is 1.82. The quantitative estimate of drug-likeness (QED) is 0.873. The number of nitrogens with one attached hydrogen (secondary N) is 1. The molecule has 0 fully saturated rings. The maximum absolute atomic E-state index is 12.6. The van der Waals surface area contributed by atoms with Crippen LogP contribution in [0.5, 0.6) is 17.2 Å². The van der Waals surface area contributed by atoms with Crippen molar-refractivity contribution in [3.05, 3.63) is 48.0 Å². The van der Waals surface area contributed by atoms with Crippen molar-refractivity contribution in [2.75, 3.05) is 26.3 Å². The third kappa shape index (κ3) is 3.69. The van der Waals surface area contributed by atoms with Crippen LogP contribution in [0.2, 0.25) is 0 Å². The van der Waals surface area contributed by atoms with E-state index in [9.17, 15) is 9.59 Å². The van der Waals surface area contributed by atoms with Gasteiger partial charge in [-0.15, -0.1) is 0 Å². The van der Waals surface area contributed by atoms with Gasteiger partial charge in [0.2, 0.25) is 5.75 Å². The van der Waals surface area contributed by atoms with Gasteiger partial charge < -0.3 is 19.5 Å². The molecule has 0 radical (unpaired) electrons. The smallest absolute Gasteiger partial charge is 0.256 e. The summed E-state index contributed by atoms with van der Waals surface area (Å²) >= 11 is 0. The van der Waals surface area contributed by atoms with Gasteiger partial charge in [0.1, 0.15) is 5.84 Å². The molecule has 0 bridgehead atoms. The van der Waals surface area contributed by atoms with Gasteiger partial charge in [0.15, 0.2) is 11.5 Å². The first-order valence-corrected chi connectivity index (χ1v) is 8.14. The summed E-state index contributed by atoms with van der Waals surface area (Å²) in [6.45, 7) is 0. The molecular formula is C19H19N3O5. The Labute approximate surface area is 156 Å². The van der Waals surface area contributed by atoms with Crippen LogP contribution in [0.15, 0.2) is 47.6 Å². The van der Waals surface area contributed by atoms with Crippen molar-refractivity contribution >= 4 is 23.3 Å². The Morgan fingerprint density at radius 1 is 1.04 bits per heavy atom. The number of para-hydroxylation sites is 1. The number of ether oxygens (including phenoxy) is 3. The van der Waals surface area contributed by atoms with Gasteiger partial charge in [-0.05, 0) is 24.3 Å². The molecule has 2 aromatic rings. The molecule has 0 aliphatic carbocycles. The Morgan fingerprint density at radius 3 is 2.22 bits per heavy atom. The number of hydrazone groups is 1. The van der Waals surface area contributed by atoms with E-state index in [1.807, 2.05) is 18.2 Å². The van der Waals surface area contributed by atoms with E-state index in [0.29, 0.717) is 22.9 Å². The Hall–Kier alpha value is -3.55. The maximum atomic E-state index is 12.6. The minimum absolute atomic E-state index is 0.00502. The molecule has 8 nitrogen and oxygen atoms in total. The number of amidine groups is 1. The van der Waals surface area contributed by atoms with Gasteiger partial charge in [0.25, 0.3) is 11.8 Å². The lowest BCUT2D eigenvalue weighted by Crippen LogP contribution is -2.29. The molecule has 3 rings (SSSR count). The Kier molecular flexibility index (Phi) is 5.25. The molecule has 0 spiro atoms. The lowest BCUT2D eigenvalue weighted by atomic mass is 10.1. The predicted octanol–water partition coefficient (Wildman–Crippen LogP) is 2.19. The van der Waals surface area contributed by atoms with E-state index in [-0.39, 0.29) is 23.7 Å². The van der Waals surface area contributed by atoms with E-state index < -0.39 is 5.91 Å². The molecule has 27 heavy (non-hydrogen) atoms. The molecule has 0 saturated carbocycles. The second-order valence-electron chi connectivity index (χ2n) is 5.63. The van der Waals surface area contributed by atoms with Gasteiger partial charge in [-0.2, -0.15) is 10.1 Å². The van der Waals surface area contributed by atoms with Crippen LogP contribution >= 0.6 is 0 Å². The van der Waals surface area contributed by atoms with Gasteiger partial charge in [-0.1, -0.05) is 18.2 Å². The highest BCUT2D eigenvalue weighted by molar-refractivity contribution is 6.17. The van der Waals surface area contributed by atoms with Gasteiger partial charge in [-0.25, -0.2) is 0 Å². The summed E-state index contributed by atoms with van der Waals surface area (Å²) in [7, 11) is 4.42. The van der Waals surface area contributed by atoms with Gasteiger partial charge >= 0.3 is 0 Å². The van der Waals surface area contributed by atoms with Crippen molar-refractivity contribution in [3.8, 4) is 17.2 Å². The summed E-state index contributed by atoms with van der Waals surface area (Å²) < 4.78 is 15.8. The first kappa shape index (κ1) is 18.2. The number of hydrogen-bond donors (Lipinski definition) is 1. The van der Waals surface area contributed by atoms with Crippen molar-refractivity contribution in [2.45, 2.75) is 6.42 Å². The van der Waals surface area contributed by atoms with Crippen molar-refractivity contribution in [1.29, 1.82) is 0 Å². The summed E-state index contributed by atoms with van der Waals surface area (Å²) in [4.78, 5) is 24.8. The fourth-order valence-corrected chi connectivity index (χ4v) is 2.69. The number of benzene rings is 2. The van der Waals surface area contributed by atoms with Crippen LogP contribution in [0.3, 0.4) is 0 Å². The first-order chi connectivity index (χ1) is 13.1. The van der Waals surface area contributed by atoms with Crippen LogP contribution in [0, 0.1) is 0 Å². The number of hydrogen-bond acceptors (Lipinski definition) is 6. The predicted molar refractivity (Wildman–Crippen MR) is 99.5 cm³/mol. The SMILES string of the molecule is COc1cc(C(=O)NC2=NN(c3ccccc3)C(=O)C2)cc(OC)c1OC. The topological polar surface area (TPSA) is 89.5 Å². The van der Waals surface area contributed by atoms with Crippen LogP contribution in [-0.2, 0) is 4.79 Å². The minimum Gasteiger partial charge on any atom is -0.493 e. The third-order valence-corrected chi connectivity index (χ3v) is 3.96. The molecular weight excluding hydrogens is 350 g/mol. The summed E-state index contributed by atoms with van der Waals surface area (Å²) in [5.41, 5.74) is 0.928. The molecule has 0 saturated heterocycles. The highest BCUT2D eigenvalue weighted by Crippen LogP contribution is 2.38. The maximum Gasteiger partial charge on any atom is 0.256 e. The monoisotopic (exact) mass is 369 g/mol. The molecule has 2 aromatic carbocycles. The largest absolute Gasteiger partial charge is 0.493 e. The number of carbonyl (C=O) groups excluding carboxylic acids is 2. The molecule has 1 aliphatic heterocycles. The van der Waals surface area contributed by atoms with E-state index in [1.54, 1.807) is 12.1 Å². The van der Waals surface area contributed by atoms with Crippen molar-refractivity contribution in [3.63, 3.8) is 0 Å². The number of anilines is 1. The highest BCUT2D eigenvalue weighted by Gasteiger charge is 2.27. The molecule has 0 unspecified atom stereocenters. The number of amides is 2. The zero-order valence-electron chi connectivity index (χ0n) is 15.2. The van der Waals surface area contributed by atoms with Crippen LogP contribution in [0.4, 0.5) is 5.69 Å². The van der Waals surface area contributed by atoms with Crippen molar-refractivity contribution < 1.29 is 23.8 Å². The van der Waals surface area contributed by atoms with Crippen molar-refractivity contribution in [1.82, 2.24) is 5.32 Å². The molecule has 0 aromatic heterocycles. The summed E-state index contributed by atoms with van der Waals surface area (Å²) in [5, 5.41) is 8.14. The molecule has 1 heterocycles. The van der Waals surface area contributed by atoms with Gasteiger partial charge in [-0.3, -0.25) is 9.59 Å². The van der Waals surface area contributed by atoms with Crippen LogP contribution < -0.4 is 24.5 Å². The average molecular weight is 369 g/mol. The lowest BCUT2D eigenvalue weighted by molar-refractivity contribution is -0.116. The number of methoxy groups -OCH3 is 3. The third-order valence-electron chi connectivity index (χ3n) is 3.96. The number of nitrogens with zero attached hydrogens (tertiary/aromatic N) is 2. The standard InChI is InChI=1S/C19H19N3O5/c1-25-14-9-12(10-15(26-2)18(14)27-3)19(24)20-16-11-17(23)22(21-16)13-7-5-4-6-8-13/h4-10H,11H2,1-3H3,(H,20,21,24). The first-order valence-electron chi connectivity index (χ1n) is 8.14. The van der Waals surface area contributed by atoms with Gasteiger partial charge in [0.05, 0.1) is 33.4 Å². The van der Waals surface area contributed by atoms with Gasteiger partial charge in [0, 0.05) is 5.56 Å². The fraction of sp³-hybridized carbons (Fsp3) is 0.211. The second kappa shape index (κ2) is 7.77. The molecule has 2 amide bonds. The van der Waals surface area contributed by atoms with E-state index in [1.165, 1.54) is 38.5 Å². The Bertz CT molecular complexity index is 870.